The first-order valence-electron chi connectivity index (χ1n) is 8.11. The van der Waals surface area contributed by atoms with Crippen LogP contribution in [0.1, 0.15) is 19.4 Å². The number of carbonyl (C=O) groups is 1. The standard InChI is InChI=1S/C17H20N6O3S/c1-11(12(2)10-24)8-21-27(25,26)15-5-3-14(4-6-15)22-17-20-9-13(7-18)16(19)23-17/h3-6,9-12,21H,8H2,1-2H3,(H3,19,20,22,23). The lowest BCUT2D eigenvalue weighted by Crippen LogP contribution is -2.31. The maximum Gasteiger partial charge on any atom is 0.240 e. The summed E-state index contributed by atoms with van der Waals surface area (Å²) in [4.78, 5) is 18.8. The quantitative estimate of drug-likeness (QED) is 0.574. The Morgan fingerprint density at radius 1 is 1.30 bits per heavy atom. The Balaban J connectivity index is 2.06. The summed E-state index contributed by atoms with van der Waals surface area (Å²) >= 11 is 0. The molecule has 1 heterocycles. The minimum atomic E-state index is -3.68. The van der Waals surface area contributed by atoms with Crippen LogP contribution in [0, 0.1) is 23.2 Å². The molecule has 0 aliphatic heterocycles. The predicted molar refractivity (Wildman–Crippen MR) is 100 cm³/mol. The van der Waals surface area contributed by atoms with E-state index < -0.39 is 10.0 Å². The summed E-state index contributed by atoms with van der Waals surface area (Å²) in [5, 5.41) is 11.7. The third kappa shape index (κ3) is 5.22. The number of aldehydes is 1. The van der Waals surface area contributed by atoms with Crippen LogP contribution in [0.4, 0.5) is 17.5 Å². The minimum Gasteiger partial charge on any atom is -0.382 e. The van der Waals surface area contributed by atoms with Crippen molar-refractivity contribution < 1.29 is 13.2 Å². The fraction of sp³-hybridized carbons (Fsp3) is 0.294. The van der Waals surface area contributed by atoms with Gasteiger partial charge in [-0.25, -0.2) is 18.1 Å². The number of hydrogen-bond acceptors (Lipinski definition) is 8. The maximum absolute atomic E-state index is 12.3. The van der Waals surface area contributed by atoms with Gasteiger partial charge in [0, 0.05) is 18.2 Å². The van der Waals surface area contributed by atoms with Gasteiger partial charge in [-0.1, -0.05) is 13.8 Å². The number of aromatic nitrogens is 2. The van der Waals surface area contributed by atoms with Crippen molar-refractivity contribution in [3.05, 3.63) is 36.0 Å². The Morgan fingerprint density at radius 2 is 1.96 bits per heavy atom. The molecular weight excluding hydrogens is 368 g/mol. The molecule has 27 heavy (non-hydrogen) atoms. The molecule has 0 amide bonds. The second-order valence-electron chi connectivity index (χ2n) is 6.08. The Hall–Kier alpha value is -3.03. The molecule has 4 N–H and O–H groups in total. The monoisotopic (exact) mass is 388 g/mol. The van der Waals surface area contributed by atoms with Gasteiger partial charge in [-0.3, -0.25) is 0 Å². The smallest absolute Gasteiger partial charge is 0.240 e. The molecule has 9 nitrogen and oxygen atoms in total. The topological polar surface area (TPSA) is 151 Å². The van der Waals surface area contributed by atoms with Crippen molar-refractivity contribution in [2.45, 2.75) is 18.7 Å². The average molecular weight is 388 g/mol. The number of hydrogen-bond donors (Lipinski definition) is 3. The van der Waals surface area contributed by atoms with Crippen LogP contribution in [0.25, 0.3) is 0 Å². The molecule has 2 aromatic rings. The van der Waals surface area contributed by atoms with Crippen molar-refractivity contribution in [3.8, 4) is 6.07 Å². The third-order valence-electron chi connectivity index (χ3n) is 4.07. The highest BCUT2D eigenvalue weighted by Gasteiger charge is 2.18. The largest absolute Gasteiger partial charge is 0.382 e. The first kappa shape index (κ1) is 20.3. The zero-order valence-electron chi connectivity index (χ0n) is 14.9. The van der Waals surface area contributed by atoms with E-state index in [1.807, 2.05) is 6.07 Å². The highest BCUT2D eigenvalue weighted by atomic mass is 32.2. The maximum atomic E-state index is 12.3. The number of anilines is 3. The molecule has 142 valence electrons. The molecule has 2 atom stereocenters. The average Bonchev–Trinajstić information content (AvgIpc) is 2.66. The highest BCUT2D eigenvalue weighted by Crippen LogP contribution is 2.18. The molecule has 0 aliphatic carbocycles. The van der Waals surface area contributed by atoms with Crippen molar-refractivity contribution in [2.75, 3.05) is 17.6 Å². The highest BCUT2D eigenvalue weighted by molar-refractivity contribution is 7.89. The molecule has 0 fully saturated rings. The van der Waals surface area contributed by atoms with Gasteiger partial charge < -0.3 is 15.8 Å². The number of rotatable bonds is 8. The summed E-state index contributed by atoms with van der Waals surface area (Å²) in [6.45, 7) is 3.71. The normalized spacial score (nSPS) is 13.4. The number of nitrogens with zero attached hydrogens (tertiary/aromatic N) is 3. The van der Waals surface area contributed by atoms with Crippen LogP contribution in [0.2, 0.25) is 0 Å². The van der Waals surface area contributed by atoms with Crippen LogP contribution < -0.4 is 15.8 Å². The minimum absolute atomic E-state index is 0.0528. The number of benzene rings is 1. The summed E-state index contributed by atoms with van der Waals surface area (Å²) in [7, 11) is -3.68. The van der Waals surface area contributed by atoms with E-state index in [9.17, 15) is 13.2 Å². The second-order valence-corrected chi connectivity index (χ2v) is 7.85. The molecule has 10 heteroatoms. The molecule has 0 radical (unpaired) electrons. The second kappa shape index (κ2) is 8.57. The van der Waals surface area contributed by atoms with E-state index in [4.69, 9.17) is 11.0 Å². The molecule has 1 aromatic carbocycles. The molecule has 0 spiro atoms. The van der Waals surface area contributed by atoms with Crippen LogP contribution in [0.5, 0.6) is 0 Å². The Bertz CT molecular complexity index is 954. The van der Waals surface area contributed by atoms with E-state index in [0.717, 1.165) is 6.29 Å². The third-order valence-corrected chi connectivity index (χ3v) is 5.51. The van der Waals surface area contributed by atoms with Gasteiger partial charge in [0.1, 0.15) is 23.7 Å². The fourth-order valence-corrected chi connectivity index (χ4v) is 3.18. The number of nitriles is 1. The van der Waals surface area contributed by atoms with Gasteiger partial charge in [0.25, 0.3) is 0 Å². The fourth-order valence-electron chi connectivity index (χ4n) is 2.03. The lowest BCUT2D eigenvalue weighted by Gasteiger charge is -2.15. The van der Waals surface area contributed by atoms with Crippen LogP contribution in [-0.2, 0) is 14.8 Å². The molecular formula is C17H20N6O3S. The Kier molecular flexibility index (Phi) is 6.44. The van der Waals surface area contributed by atoms with Gasteiger partial charge in [-0.15, -0.1) is 0 Å². The molecule has 0 aliphatic rings. The van der Waals surface area contributed by atoms with E-state index in [1.54, 1.807) is 26.0 Å². The predicted octanol–water partition coefficient (Wildman–Crippen LogP) is 1.42. The molecule has 0 saturated heterocycles. The summed E-state index contributed by atoms with van der Waals surface area (Å²) in [6, 6.07) is 7.86. The van der Waals surface area contributed by atoms with Crippen molar-refractivity contribution in [2.24, 2.45) is 11.8 Å². The van der Waals surface area contributed by atoms with Crippen molar-refractivity contribution in [3.63, 3.8) is 0 Å². The molecule has 0 saturated carbocycles. The van der Waals surface area contributed by atoms with Crippen molar-refractivity contribution in [1.82, 2.24) is 14.7 Å². The SMILES string of the molecule is CC(C=O)C(C)CNS(=O)(=O)c1ccc(Nc2ncc(C#N)c(N)n2)cc1. The van der Waals surface area contributed by atoms with E-state index >= 15 is 0 Å². The van der Waals surface area contributed by atoms with Gasteiger partial charge in [-0.05, 0) is 30.2 Å². The van der Waals surface area contributed by atoms with Crippen LogP contribution in [0.3, 0.4) is 0 Å². The van der Waals surface area contributed by atoms with Gasteiger partial charge in [0.2, 0.25) is 16.0 Å². The lowest BCUT2D eigenvalue weighted by atomic mass is 9.98. The first-order chi connectivity index (χ1) is 12.8. The number of carbonyl (C=O) groups excluding carboxylic acids is 1. The van der Waals surface area contributed by atoms with Gasteiger partial charge in [-0.2, -0.15) is 10.2 Å². The lowest BCUT2D eigenvalue weighted by molar-refractivity contribution is -0.111. The van der Waals surface area contributed by atoms with Gasteiger partial charge >= 0.3 is 0 Å². The van der Waals surface area contributed by atoms with Gasteiger partial charge in [0.15, 0.2) is 0 Å². The Morgan fingerprint density at radius 3 is 2.52 bits per heavy atom. The van der Waals surface area contributed by atoms with Crippen LogP contribution >= 0.6 is 0 Å². The van der Waals surface area contributed by atoms with Crippen LogP contribution in [-0.4, -0.2) is 31.2 Å². The zero-order valence-corrected chi connectivity index (χ0v) is 15.7. The Labute approximate surface area is 157 Å². The molecule has 0 bridgehead atoms. The molecule has 2 rings (SSSR count). The van der Waals surface area contributed by atoms with E-state index in [1.165, 1.54) is 18.3 Å². The number of nitrogen functional groups attached to an aromatic ring is 1. The zero-order chi connectivity index (χ0) is 20.0. The van der Waals surface area contributed by atoms with E-state index in [2.05, 4.69) is 20.0 Å². The summed E-state index contributed by atoms with van der Waals surface area (Å²) in [5.74, 6) is -0.106. The van der Waals surface area contributed by atoms with E-state index in [0.29, 0.717) is 5.69 Å². The first-order valence-corrected chi connectivity index (χ1v) is 9.59. The summed E-state index contributed by atoms with van der Waals surface area (Å²) in [6.07, 6.45) is 2.10. The molecule has 1 aromatic heterocycles. The number of nitrogens with one attached hydrogen (secondary N) is 2. The van der Waals surface area contributed by atoms with Gasteiger partial charge in [0.05, 0.1) is 11.1 Å². The van der Waals surface area contributed by atoms with Crippen LogP contribution in [0.15, 0.2) is 35.4 Å². The number of nitrogens with two attached hydrogens (primary N) is 1. The number of sulfonamides is 1. The van der Waals surface area contributed by atoms with Crippen molar-refractivity contribution >= 4 is 33.8 Å². The van der Waals surface area contributed by atoms with E-state index in [-0.39, 0.29) is 40.6 Å². The summed E-state index contributed by atoms with van der Waals surface area (Å²) < 4.78 is 27.2. The molecule has 2 unspecified atom stereocenters. The summed E-state index contributed by atoms with van der Waals surface area (Å²) in [5.41, 5.74) is 6.36. The van der Waals surface area contributed by atoms with Crippen molar-refractivity contribution in [1.29, 1.82) is 5.26 Å².